The van der Waals surface area contributed by atoms with Gasteiger partial charge < -0.3 is 23.7 Å². The predicted molar refractivity (Wildman–Crippen MR) is 106 cm³/mol. The largest absolute Gasteiger partial charge is 0.385 e. The number of rotatable bonds is 13. The van der Waals surface area contributed by atoms with Crippen LogP contribution in [0.1, 0.15) is 52.4 Å². The van der Waals surface area contributed by atoms with Crippen LogP contribution in [0.4, 0.5) is 0 Å². The first-order valence-electron chi connectivity index (χ1n) is 10.6. The molecule has 1 unspecified atom stereocenters. The molecule has 3 rings (SSSR count). The van der Waals surface area contributed by atoms with Crippen molar-refractivity contribution in [2.24, 2.45) is 11.3 Å². The molecule has 0 radical (unpaired) electrons. The average Bonchev–Trinajstić information content (AvgIpc) is 2.73. The maximum atomic E-state index is 12.8. The molecule has 3 saturated heterocycles. The fourth-order valence-electron chi connectivity index (χ4n) is 3.54. The van der Waals surface area contributed by atoms with E-state index >= 15 is 0 Å². The summed E-state index contributed by atoms with van der Waals surface area (Å²) in [5.41, 5.74) is -0.129. The minimum atomic E-state index is -1.18. The Balaban J connectivity index is 1.97. The molecule has 29 heavy (non-hydrogen) atoms. The Bertz CT molecular complexity index is 491. The summed E-state index contributed by atoms with van der Waals surface area (Å²) in [6.45, 7) is 7.02. The lowest BCUT2D eigenvalue weighted by Crippen LogP contribution is -2.63. The van der Waals surface area contributed by atoms with Gasteiger partial charge in [-0.05, 0) is 25.7 Å². The molecule has 0 spiro atoms. The number of ether oxygens (including phenoxy) is 5. The molecule has 8 nitrogen and oxygen atoms in total. The molecule has 0 saturated carbocycles. The summed E-state index contributed by atoms with van der Waals surface area (Å²) < 4.78 is 27.7. The second kappa shape index (κ2) is 11.4. The second-order valence-electron chi connectivity index (χ2n) is 8.48. The highest BCUT2D eigenvalue weighted by Crippen LogP contribution is 2.42. The van der Waals surface area contributed by atoms with Crippen molar-refractivity contribution in [1.29, 1.82) is 0 Å². The zero-order valence-corrected chi connectivity index (χ0v) is 18.4. The number of methoxy groups -OCH3 is 2. The van der Waals surface area contributed by atoms with E-state index in [1.807, 2.05) is 6.92 Å². The Morgan fingerprint density at radius 1 is 0.897 bits per heavy atom. The van der Waals surface area contributed by atoms with Gasteiger partial charge in [-0.1, -0.05) is 13.8 Å². The Kier molecular flexibility index (Phi) is 9.49. The zero-order valence-electron chi connectivity index (χ0n) is 18.4. The molecule has 3 heterocycles. The molecule has 2 bridgehead atoms. The topological polar surface area (TPSA) is 83.5 Å². The molecule has 2 amide bonds. The van der Waals surface area contributed by atoms with Gasteiger partial charge in [0.2, 0.25) is 11.8 Å². The summed E-state index contributed by atoms with van der Waals surface area (Å²) in [5, 5.41) is 0. The maximum Gasteiger partial charge on any atom is 0.287 e. The minimum Gasteiger partial charge on any atom is -0.385 e. The van der Waals surface area contributed by atoms with Crippen molar-refractivity contribution in [3.8, 4) is 0 Å². The first-order chi connectivity index (χ1) is 13.9. The lowest BCUT2D eigenvalue weighted by atomic mass is 9.90. The molecule has 1 atom stereocenters. The van der Waals surface area contributed by atoms with Gasteiger partial charge in [-0.15, -0.1) is 0 Å². The number of amides is 2. The Morgan fingerprint density at radius 2 is 1.34 bits per heavy atom. The van der Waals surface area contributed by atoms with Gasteiger partial charge in [-0.25, -0.2) is 0 Å². The number of unbranched alkanes of at least 4 members (excludes halogenated alkanes) is 2. The van der Waals surface area contributed by atoms with Crippen molar-refractivity contribution in [2.75, 3.05) is 53.8 Å². The Hall–Kier alpha value is -1.06. The SMILES string of the molecule is COCCCCC(=O)N(CC(C)C12OCC(C)(CO1)CO2)C(=O)CCCCOC. The lowest BCUT2D eigenvalue weighted by molar-refractivity contribution is -0.482. The van der Waals surface area contributed by atoms with Gasteiger partial charge in [0.05, 0.1) is 25.7 Å². The van der Waals surface area contributed by atoms with E-state index in [-0.39, 0.29) is 29.7 Å². The van der Waals surface area contributed by atoms with Gasteiger partial charge in [0.15, 0.2) is 0 Å². The maximum absolute atomic E-state index is 12.8. The summed E-state index contributed by atoms with van der Waals surface area (Å²) in [7, 11) is 3.27. The van der Waals surface area contributed by atoms with E-state index in [1.54, 1.807) is 14.2 Å². The van der Waals surface area contributed by atoms with Gasteiger partial charge >= 0.3 is 0 Å². The number of hydrogen-bond donors (Lipinski definition) is 0. The quantitative estimate of drug-likeness (QED) is 0.427. The molecule has 0 aromatic carbocycles. The number of imide groups is 1. The van der Waals surface area contributed by atoms with E-state index in [0.29, 0.717) is 58.7 Å². The highest BCUT2D eigenvalue weighted by molar-refractivity contribution is 5.95. The Labute approximate surface area is 174 Å². The third-order valence-corrected chi connectivity index (χ3v) is 5.51. The smallest absolute Gasteiger partial charge is 0.287 e. The van der Waals surface area contributed by atoms with Gasteiger partial charge in [-0.3, -0.25) is 14.5 Å². The molecule has 0 aromatic heterocycles. The van der Waals surface area contributed by atoms with E-state index in [4.69, 9.17) is 23.7 Å². The summed E-state index contributed by atoms with van der Waals surface area (Å²) in [4.78, 5) is 27.0. The molecule has 3 aliphatic heterocycles. The molecule has 0 aliphatic carbocycles. The van der Waals surface area contributed by atoms with Crippen molar-refractivity contribution in [3.63, 3.8) is 0 Å². The third-order valence-electron chi connectivity index (χ3n) is 5.51. The minimum absolute atomic E-state index is 0.129. The molecule has 8 heteroatoms. The van der Waals surface area contributed by atoms with Crippen LogP contribution in [0.15, 0.2) is 0 Å². The van der Waals surface area contributed by atoms with Crippen LogP contribution in [0.5, 0.6) is 0 Å². The van der Waals surface area contributed by atoms with Crippen LogP contribution < -0.4 is 0 Å². The van der Waals surface area contributed by atoms with Crippen LogP contribution in [0.3, 0.4) is 0 Å². The van der Waals surface area contributed by atoms with Crippen LogP contribution in [-0.2, 0) is 33.3 Å². The van der Waals surface area contributed by atoms with E-state index in [9.17, 15) is 9.59 Å². The summed E-state index contributed by atoms with van der Waals surface area (Å²) in [6, 6.07) is 0. The van der Waals surface area contributed by atoms with Crippen LogP contribution in [0.25, 0.3) is 0 Å². The van der Waals surface area contributed by atoms with E-state index < -0.39 is 5.97 Å². The third kappa shape index (κ3) is 6.72. The second-order valence-corrected chi connectivity index (χ2v) is 8.48. The van der Waals surface area contributed by atoms with Gasteiger partial charge in [0.25, 0.3) is 5.97 Å². The Morgan fingerprint density at radius 3 is 1.76 bits per heavy atom. The fraction of sp³-hybridized carbons (Fsp3) is 0.905. The van der Waals surface area contributed by atoms with Crippen molar-refractivity contribution in [3.05, 3.63) is 0 Å². The van der Waals surface area contributed by atoms with Gasteiger partial charge in [-0.2, -0.15) is 0 Å². The predicted octanol–water partition coefficient (Wildman–Crippen LogP) is 2.35. The van der Waals surface area contributed by atoms with Crippen molar-refractivity contribution in [1.82, 2.24) is 4.90 Å². The molecule has 168 valence electrons. The van der Waals surface area contributed by atoms with Crippen molar-refractivity contribution >= 4 is 11.8 Å². The van der Waals surface area contributed by atoms with Crippen molar-refractivity contribution < 1.29 is 33.3 Å². The normalized spacial score (nSPS) is 27.0. The first-order valence-corrected chi connectivity index (χ1v) is 10.6. The molecular weight excluding hydrogens is 378 g/mol. The fourth-order valence-corrected chi connectivity index (χ4v) is 3.54. The summed E-state index contributed by atoms with van der Waals surface area (Å²) in [6.07, 6.45) is 3.56. The molecular formula is C21H37NO7. The summed E-state index contributed by atoms with van der Waals surface area (Å²) in [5.74, 6) is -1.81. The number of fused-ring (bicyclic) bond motifs is 3. The number of carbonyl (C=O) groups is 2. The molecule has 0 aromatic rings. The van der Waals surface area contributed by atoms with Crippen LogP contribution in [-0.4, -0.2) is 76.5 Å². The number of nitrogens with zero attached hydrogens (tertiary/aromatic N) is 1. The molecule has 3 fully saturated rings. The monoisotopic (exact) mass is 415 g/mol. The standard InChI is InChI=1S/C21H37NO7/c1-17(21-27-14-20(2,15-28-21)16-29-21)13-22(18(23)9-5-7-11-25-3)19(24)10-6-8-12-26-4/h17H,5-16H2,1-4H3. The van der Waals surface area contributed by atoms with E-state index in [0.717, 1.165) is 12.8 Å². The van der Waals surface area contributed by atoms with Gasteiger partial charge in [0, 0.05) is 52.2 Å². The average molecular weight is 416 g/mol. The van der Waals surface area contributed by atoms with Gasteiger partial charge in [0.1, 0.15) is 0 Å². The highest BCUT2D eigenvalue weighted by atomic mass is 16.9. The zero-order chi connectivity index (χ0) is 21.3. The number of hydrogen-bond acceptors (Lipinski definition) is 7. The molecule has 0 N–H and O–H groups in total. The first kappa shape index (κ1) is 24.2. The van der Waals surface area contributed by atoms with Crippen LogP contribution >= 0.6 is 0 Å². The highest BCUT2D eigenvalue weighted by Gasteiger charge is 2.54. The number of carbonyl (C=O) groups excluding carboxylic acids is 2. The summed E-state index contributed by atoms with van der Waals surface area (Å²) >= 11 is 0. The van der Waals surface area contributed by atoms with Crippen molar-refractivity contribution in [2.45, 2.75) is 58.3 Å². The van der Waals surface area contributed by atoms with E-state index in [2.05, 4.69) is 6.92 Å². The lowest BCUT2D eigenvalue weighted by Gasteiger charge is -2.53. The van der Waals surface area contributed by atoms with Crippen LogP contribution in [0, 0.1) is 11.3 Å². The van der Waals surface area contributed by atoms with E-state index in [1.165, 1.54) is 4.90 Å². The van der Waals surface area contributed by atoms with Crippen LogP contribution in [0.2, 0.25) is 0 Å². The molecule has 3 aliphatic rings.